The molecule has 3 amide bonds. The van der Waals surface area contributed by atoms with Crippen molar-refractivity contribution in [2.45, 2.75) is 76.3 Å². The number of hydroxylamine groups is 1. The van der Waals surface area contributed by atoms with E-state index < -0.39 is 53.4 Å². The second-order valence-corrected chi connectivity index (χ2v) is 10.4. The van der Waals surface area contributed by atoms with Crippen molar-refractivity contribution in [2.75, 3.05) is 6.54 Å². The molecular formula is C26H30F4N4O4. The summed E-state index contributed by atoms with van der Waals surface area (Å²) in [4.78, 5) is 40.3. The lowest BCUT2D eigenvalue weighted by atomic mass is 10.0. The smallest absolute Gasteiger partial charge is 0.421 e. The first-order chi connectivity index (χ1) is 17.7. The summed E-state index contributed by atoms with van der Waals surface area (Å²) < 4.78 is 54.1. The predicted octanol–water partition coefficient (Wildman–Crippen LogP) is 3.36. The molecule has 206 valence electrons. The molecule has 1 saturated carbocycles. The molecule has 1 saturated heterocycles. The van der Waals surface area contributed by atoms with E-state index in [-0.39, 0.29) is 46.7 Å². The maximum absolute atomic E-state index is 15.0. The molecule has 2 aliphatic heterocycles. The maximum Gasteiger partial charge on any atom is 0.421 e. The molecule has 2 N–H and O–H groups in total. The first kappa shape index (κ1) is 27.6. The molecule has 0 spiro atoms. The van der Waals surface area contributed by atoms with Crippen LogP contribution in [0.25, 0.3) is 0 Å². The highest BCUT2D eigenvalue weighted by Crippen LogP contribution is 2.37. The number of nitrogens with zero attached hydrogens (tertiary/aromatic N) is 2. The van der Waals surface area contributed by atoms with Gasteiger partial charge in [-0.3, -0.25) is 14.4 Å². The van der Waals surface area contributed by atoms with Gasteiger partial charge in [-0.2, -0.15) is 13.2 Å². The standard InChI is InChI=1S/C26H30F4N4O4/c1-14-4-5-15(2)34(14)23(36)17-6-7-20(21(27)11-17)16(3)31-24(37)25(8-9-25)32-22(35)18-10-19(26(28,29)30)13-33(38)12-18/h6-7,10-11,13-16,18H,4-5,8-9,12H2,1-3H3,(H,31,37)(H,32,35)/t14-,15+,16-,18?/m1/s1. The van der Waals surface area contributed by atoms with Gasteiger partial charge >= 0.3 is 6.18 Å². The Bertz CT molecular complexity index is 1200. The van der Waals surface area contributed by atoms with E-state index in [2.05, 4.69) is 10.6 Å². The minimum absolute atomic E-state index is 0.0387. The fourth-order valence-corrected chi connectivity index (χ4v) is 5.07. The number of hydrogen-bond acceptors (Lipinski definition) is 4. The molecule has 1 aliphatic carbocycles. The van der Waals surface area contributed by atoms with Crippen LogP contribution in [0.15, 0.2) is 29.8 Å². The molecule has 12 heteroatoms. The SMILES string of the molecule is C[C@@H]1CC[C@H](C)N1C(=O)c1ccc([C@@H](C)NC(=O)C2(NC(=O)C3C=C(C(F)(F)F)C=[N+]([O-])C3)CC2)c(F)c1. The number of rotatable bonds is 6. The van der Waals surface area contributed by atoms with Gasteiger partial charge in [-0.25, -0.2) is 9.13 Å². The summed E-state index contributed by atoms with van der Waals surface area (Å²) in [5, 5.41) is 16.8. The molecule has 2 heterocycles. The van der Waals surface area contributed by atoms with Crippen LogP contribution < -0.4 is 10.6 Å². The van der Waals surface area contributed by atoms with Crippen LogP contribution in [0, 0.1) is 16.9 Å². The molecule has 2 fully saturated rings. The Labute approximate surface area is 217 Å². The molecule has 1 aromatic carbocycles. The van der Waals surface area contributed by atoms with E-state index >= 15 is 4.39 Å². The molecule has 1 aromatic rings. The quantitative estimate of drug-likeness (QED) is 0.329. The predicted molar refractivity (Wildman–Crippen MR) is 130 cm³/mol. The van der Waals surface area contributed by atoms with E-state index in [4.69, 9.17) is 0 Å². The number of hydrogen-bond donors (Lipinski definition) is 2. The second kappa shape index (κ2) is 10.0. The molecule has 0 aromatic heterocycles. The van der Waals surface area contributed by atoms with Gasteiger partial charge in [0, 0.05) is 23.2 Å². The first-order valence-corrected chi connectivity index (χ1v) is 12.5. The van der Waals surface area contributed by atoms with E-state index in [9.17, 15) is 32.8 Å². The Morgan fingerprint density at radius 1 is 1.16 bits per heavy atom. The lowest BCUT2D eigenvalue weighted by molar-refractivity contribution is -0.458. The van der Waals surface area contributed by atoms with Crippen molar-refractivity contribution in [2.24, 2.45) is 5.92 Å². The van der Waals surface area contributed by atoms with E-state index in [1.165, 1.54) is 12.1 Å². The average molecular weight is 539 g/mol. The van der Waals surface area contributed by atoms with Gasteiger partial charge in [-0.15, -0.1) is 0 Å². The third-order valence-corrected chi connectivity index (χ3v) is 7.50. The summed E-state index contributed by atoms with van der Waals surface area (Å²) in [7, 11) is 0. The van der Waals surface area contributed by atoms with Gasteiger partial charge in [0.1, 0.15) is 22.8 Å². The van der Waals surface area contributed by atoms with E-state index in [1.54, 1.807) is 11.8 Å². The lowest BCUT2D eigenvalue weighted by Gasteiger charge is -2.27. The van der Waals surface area contributed by atoms with E-state index in [1.807, 2.05) is 13.8 Å². The fraction of sp³-hybridized carbons (Fsp3) is 0.538. The monoisotopic (exact) mass is 538 g/mol. The van der Waals surface area contributed by atoms with Gasteiger partial charge < -0.3 is 20.7 Å². The van der Waals surface area contributed by atoms with Crippen molar-refractivity contribution < 1.29 is 36.7 Å². The number of amides is 3. The zero-order valence-corrected chi connectivity index (χ0v) is 21.3. The molecule has 1 unspecified atom stereocenters. The van der Waals surface area contributed by atoms with Gasteiger partial charge in [-0.1, -0.05) is 6.07 Å². The number of carbonyl (C=O) groups is 3. The molecule has 0 bridgehead atoms. The van der Waals surface area contributed by atoms with Crippen LogP contribution in [0.2, 0.25) is 0 Å². The number of allylic oxidation sites excluding steroid dienone is 1. The zero-order chi connectivity index (χ0) is 28.0. The van der Waals surface area contributed by atoms with Crippen molar-refractivity contribution in [3.8, 4) is 0 Å². The van der Waals surface area contributed by atoms with Crippen LogP contribution in [0.5, 0.6) is 0 Å². The summed E-state index contributed by atoms with van der Waals surface area (Å²) in [6, 6.07) is 3.39. The summed E-state index contributed by atoms with van der Waals surface area (Å²) in [6.07, 6.45) is -1.50. The van der Waals surface area contributed by atoms with Crippen LogP contribution in [-0.4, -0.2) is 63.9 Å². The first-order valence-electron chi connectivity index (χ1n) is 12.5. The Balaban J connectivity index is 1.41. The summed E-state index contributed by atoms with van der Waals surface area (Å²) in [6.45, 7) is 4.94. The third kappa shape index (κ3) is 5.53. The van der Waals surface area contributed by atoms with Crippen molar-refractivity contribution in [1.29, 1.82) is 0 Å². The van der Waals surface area contributed by atoms with E-state index in [0.717, 1.165) is 18.9 Å². The lowest BCUT2D eigenvalue weighted by Crippen LogP contribution is -2.52. The molecule has 4 rings (SSSR count). The Kier molecular flexibility index (Phi) is 7.28. The molecule has 38 heavy (non-hydrogen) atoms. The van der Waals surface area contributed by atoms with Crippen LogP contribution in [0.1, 0.15) is 68.4 Å². The Morgan fingerprint density at radius 3 is 2.34 bits per heavy atom. The van der Waals surface area contributed by atoms with Gasteiger partial charge in [0.15, 0.2) is 12.8 Å². The van der Waals surface area contributed by atoms with Gasteiger partial charge in [-0.05, 0) is 64.7 Å². The number of halogens is 4. The Hall–Kier alpha value is -3.44. The second-order valence-electron chi connectivity index (χ2n) is 10.4. The molecule has 0 radical (unpaired) electrons. The summed E-state index contributed by atoms with van der Waals surface area (Å²) in [5.74, 6) is -3.81. The molecule has 3 aliphatic rings. The van der Waals surface area contributed by atoms with Gasteiger partial charge in [0.2, 0.25) is 11.8 Å². The van der Waals surface area contributed by atoms with Crippen molar-refractivity contribution >= 4 is 23.9 Å². The van der Waals surface area contributed by atoms with Crippen molar-refractivity contribution in [3.63, 3.8) is 0 Å². The number of likely N-dealkylation sites (tertiary alicyclic amines) is 1. The minimum Gasteiger partial charge on any atom is -0.624 e. The van der Waals surface area contributed by atoms with Crippen LogP contribution in [0.4, 0.5) is 17.6 Å². The largest absolute Gasteiger partial charge is 0.624 e. The van der Waals surface area contributed by atoms with E-state index in [0.29, 0.717) is 12.3 Å². The summed E-state index contributed by atoms with van der Waals surface area (Å²) in [5.41, 5.74) is -2.23. The fourth-order valence-electron chi connectivity index (χ4n) is 5.07. The van der Waals surface area contributed by atoms with Crippen LogP contribution in [-0.2, 0) is 9.59 Å². The Morgan fingerprint density at radius 2 is 1.79 bits per heavy atom. The van der Waals surface area contributed by atoms with Gasteiger partial charge in [0.05, 0.1) is 6.04 Å². The third-order valence-electron chi connectivity index (χ3n) is 7.50. The van der Waals surface area contributed by atoms with Gasteiger partial charge in [0.25, 0.3) is 5.91 Å². The van der Waals surface area contributed by atoms with Crippen molar-refractivity contribution in [3.05, 3.63) is 52.0 Å². The van der Waals surface area contributed by atoms with Crippen LogP contribution in [0.3, 0.4) is 0 Å². The molecule has 4 atom stereocenters. The van der Waals surface area contributed by atoms with Crippen LogP contribution >= 0.6 is 0 Å². The topological polar surface area (TPSA) is 105 Å². The molecular weight excluding hydrogens is 508 g/mol. The number of benzene rings is 1. The number of alkyl halides is 3. The highest BCUT2D eigenvalue weighted by Gasteiger charge is 2.52. The zero-order valence-electron chi connectivity index (χ0n) is 21.3. The van der Waals surface area contributed by atoms with Crippen molar-refractivity contribution in [1.82, 2.24) is 15.5 Å². The number of nitrogens with one attached hydrogen (secondary N) is 2. The average Bonchev–Trinajstić information content (AvgIpc) is 3.54. The summed E-state index contributed by atoms with van der Waals surface area (Å²) >= 11 is 0. The maximum atomic E-state index is 15.0. The number of carbonyl (C=O) groups excluding carboxylic acids is 3. The highest BCUT2D eigenvalue weighted by atomic mass is 19.4. The normalized spacial score (nSPS) is 25.2. The molecule has 8 nitrogen and oxygen atoms in total. The minimum atomic E-state index is -4.79. The highest BCUT2D eigenvalue weighted by molar-refractivity contribution is 5.96.